The number of carbonyl (C=O) groups excluding carboxylic acids is 1. The Morgan fingerprint density at radius 2 is 1.82 bits per heavy atom. The lowest BCUT2D eigenvalue weighted by Gasteiger charge is -2.36. The van der Waals surface area contributed by atoms with E-state index in [-0.39, 0.29) is 16.9 Å². The Hall–Kier alpha value is -0.640. The summed E-state index contributed by atoms with van der Waals surface area (Å²) in [4.78, 5) is 12.3. The van der Waals surface area contributed by atoms with Gasteiger partial charge in [0.05, 0.1) is 10.4 Å². The average Bonchev–Trinajstić information content (AvgIpc) is 2.20. The van der Waals surface area contributed by atoms with E-state index in [0.29, 0.717) is 5.41 Å². The normalized spacial score (nSPS) is 20.9. The molecule has 0 aliphatic heterocycles. The predicted octanol–water partition coefficient (Wildman–Crippen LogP) is 2.38. The lowest BCUT2D eigenvalue weighted by molar-refractivity contribution is -0.127. The zero-order chi connectivity index (χ0) is 13.3. The van der Waals surface area contributed by atoms with E-state index in [2.05, 4.69) is 19.2 Å². The van der Waals surface area contributed by atoms with Crippen LogP contribution in [-0.2, 0) is 4.79 Å². The number of carbonyl (C=O) groups is 1. The van der Waals surface area contributed by atoms with Gasteiger partial charge in [0.1, 0.15) is 0 Å². The zero-order valence-corrected chi connectivity index (χ0v) is 12.1. The summed E-state index contributed by atoms with van der Waals surface area (Å²) in [5.41, 5.74) is 5.26. The van der Waals surface area contributed by atoms with Gasteiger partial charge in [-0.2, -0.15) is 0 Å². The van der Waals surface area contributed by atoms with Crippen LogP contribution >= 0.6 is 12.2 Å². The van der Waals surface area contributed by atoms with E-state index in [1.54, 1.807) is 13.8 Å². The first-order valence-corrected chi connectivity index (χ1v) is 6.67. The van der Waals surface area contributed by atoms with Crippen molar-refractivity contribution in [2.45, 2.75) is 59.4 Å². The van der Waals surface area contributed by atoms with E-state index >= 15 is 0 Å². The summed E-state index contributed by atoms with van der Waals surface area (Å²) >= 11 is 4.93. The van der Waals surface area contributed by atoms with Gasteiger partial charge in [0.25, 0.3) is 0 Å². The molecule has 0 saturated heterocycles. The number of amides is 1. The van der Waals surface area contributed by atoms with Crippen LogP contribution in [0.25, 0.3) is 0 Å². The second-order valence-corrected chi connectivity index (χ2v) is 6.84. The Morgan fingerprint density at radius 1 is 1.35 bits per heavy atom. The first kappa shape index (κ1) is 14.4. The van der Waals surface area contributed by atoms with Crippen molar-refractivity contribution in [3.05, 3.63) is 0 Å². The van der Waals surface area contributed by atoms with E-state index in [4.69, 9.17) is 18.0 Å². The van der Waals surface area contributed by atoms with Crippen LogP contribution in [0, 0.1) is 10.8 Å². The highest BCUT2D eigenvalue weighted by Crippen LogP contribution is 2.35. The lowest BCUT2D eigenvalue weighted by atomic mass is 9.75. The van der Waals surface area contributed by atoms with Gasteiger partial charge in [-0.15, -0.1) is 0 Å². The van der Waals surface area contributed by atoms with Gasteiger partial charge in [-0.3, -0.25) is 4.79 Å². The SMILES string of the molecule is CC1(C)CCC(NC(=O)C(C)(C)C(N)=S)CC1. The van der Waals surface area contributed by atoms with Crippen molar-refractivity contribution in [1.82, 2.24) is 5.32 Å². The van der Waals surface area contributed by atoms with Crippen molar-refractivity contribution in [2.24, 2.45) is 16.6 Å². The smallest absolute Gasteiger partial charge is 0.232 e. The van der Waals surface area contributed by atoms with Crippen LogP contribution in [-0.4, -0.2) is 16.9 Å². The molecule has 0 unspecified atom stereocenters. The van der Waals surface area contributed by atoms with Crippen molar-refractivity contribution in [2.75, 3.05) is 0 Å². The fourth-order valence-corrected chi connectivity index (χ4v) is 2.11. The molecule has 0 atom stereocenters. The van der Waals surface area contributed by atoms with Gasteiger partial charge in [-0.05, 0) is 44.9 Å². The Bertz CT molecular complexity index is 313. The number of rotatable bonds is 3. The van der Waals surface area contributed by atoms with Crippen LogP contribution < -0.4 is 11.1 Å². The summed E-state index contributed by atoms with van der Waals surface area (Å²) in [5.74, 6) is -0.0466. The first-order chi connectivity index (χ1) is 7.65. The monoisotopic (exact) mass is 256 g/mol. The van der Waals surface area contributed by atoms with Crippen molar-refractivity contribution in [3.63, 3.8) is 0 Å². The first-order valence-electron chi connectivity index (χ1n) is 6.26. The molecule has 0 aromatic heterocycles. The standard InChI is InChI=1S/C13H24N2OS/c1-12(2)7-5-9(6-8-12)15-11(16)13(3,4)10(14)17/h9H,5-8H2,1-4H3,(H2,14,17)(H,15,16). The highest BCUT2D eigenvalue weighted by Gasteiger charge is 2.34. The van der Waals surface area contributed by atoms with Crippen molar-refractivity contribution >= 4 is 23.1 Å². The topological polar surface area (TPSA) is 55.1 Å². The molecule has 1 amide bonds. The molecule has 0 heterocycles. The second-order valence-electron chi connectivity index (χ2n) is 6.40. The molecule has 17 heavy (non-hydrogen) atoms. The van der Waals surface area contributed by atoms with Gasteiger partial charge in [0.2, 0.25) is 5.91 Å². The summed E-state index contributed by atoms with van der Waals surface area (Å²) in [6, 6.07) is 0.282. The van der Waals surface area contributed by atoms with Crippen molar-refractivity contribution in [1.29, 1.82) is 0 Å². The van der Waals surface area contributed by atoms with E-state index in [1.165, 1.54) is 0 Å². The van der Waals surface area contributed by atoms with Crippen LogP contribution in [0.4, 0.5) is 0 Å². The van der Waals surface area contributed by atoms with Gasteiger partial charge >= 0.3 is 0 Å². The van der Waals surface area contributed by atoms with Gasteiger partial charge in [-0.25, -0.2) is 0 Å². The maximum atomic E-state index is 12.1. The van der Waals surface area contributed by atoms with Crippen LogP contribution in [0.5, 0.6) is 0 Å². The third kappa shape index (κ3) is 3.66. The molecule has 3 nitrogen and oxygen atoms in total. The maximum absolute atomic E-state index is 12.1. The number of thiocarbonyl (C=S) groups is 1. The van der Waals surface area contributed by atoms with Gasteiger partial charge in [0, 0.05) is 6.04 Å². The Labute approximate surface area is 110 Å². The third-order valence-corrected chi connectivity index (χ3v) is 4.37. The maximum Gasteiger partial charge on any atom is 0.232 e. The minimum Gasteiger partial charge on any atom is -0.392 e. The Balaban J connectivity index is 2.51. The van der Waals surface area contributed by atoms with Crippen LogP contribution in [0.3, 0.4) is 0 Å². The Morgan fingerprint density at radius 3 is 2.24 bits per heavy atom. The molecular weight excluding hydrogens is 232 g/mol. The largest absolute Gasteiger partial charge is 0.392 e. The molecule has 0 radical (unpaired) electrons. The molecule has 1 aliphatic carbocycles. The molecule has 1 fully saturated rings. The molecular formula is C13H24N2OS. The molecule has 0 aromatic carbocycles. The second kappa shape index (κ2) is 4.92. The summed E-state index contributed by atoms with van der Waals surface area (Å²) < 4.78 is 0. The molecule has 1 rings (SSSR count). The summed E-state index contributed by atoms with van der Waals surface area (Å²) in [5, 5.41) is 3.07. The van der Waals surface area contributed by atoms with Crippen molar-refractivity contribution in [3.8, 4) is 0 Å². The zero-order valence-electron chi connectivity index (χ0n) is 11.3. The van der Waals surface area contributed by atoms with Crippen LogP contribution in [0.1, 0.15) is 53.4 Å². The fourth-order valence-electron chi connectivity index (χ4n) is 2.02. The van der Waals surface area contributed by atoms with Gasteiger partial charge in [-0.1, -0.05) is 26.1 Å². The quantitative estimate of drug-likeness (QED) is 0.762. The Kier molecular flexibility index (Phi) is 4.18. The highest BCUT2D eigenvalue weighted by atomic mass is 32.1. The number of hydrogen-bond acceptors (Lipinski definition) is 2. The summed E-state index contributed by atoms with van der Waals surface area (Å²) in [6.45, 7) is 8.11. The van der Waals surface area contributed by atoms with E-state index in [1.807, 2.05) is 0 Å². The average molecular weight is 256 g/mol. The summed E-state index contributed by atoms with van der Waals surface area (Å²) in [7, 11) is 0. The van der Waals surface area contributed by atoms with Crippen molar-refractivity contribution < 1.29 is 4.79 Å². The summed E-state index contributed by atoms with van der Waals surface area (Å²) in [6.07, 6.45) is 4.41. The molecule has 1 saturated carbocycles. The number of hydrogen-bond donors (Lipinski definition) is 2. The molecule has 0 aromatic rings. The van der Waals surface area contributed by atoms with Crippen LogP contribution in [0.2, 0.25) is 0 Å². The molecule has 1 aliphatic rings. The molecule has 0 spiro atoms. The van der Waals surface area contributed by atoms with Gasteiger partial charge < -0.3 is 11.1 Å². The third-order valence-electron chi connectivity index (χ3n) is 3.86. The van der Waals surface area contributed by atoms with E-state index < -0.39 is 5.41 Å². The minimum absolute atomic E-state index is 0.0466. The molecule has 3 N–H and O–H groups in total. The predicted molar refractivity (Wildman–Crippen MR) is 74.7 cm³/mol. The molecule has 0 bridgehead atoms. The van der Waals surface area contributed by atoms with E-state index in [9.17, 15) is 4.79 Å². The lowest BCUT2D eigenvalue weighted by Crippen LogP contribution is -2.49. The van der Waals surface area contributed by atoms with Gasteiger partial charge in [0.15, 0.2) is 0 Å². The molecule has 98 valence electrons. The molecule has 4 heteroatoms. The fraction of sp³-hybridized carbons (Fsp3) is 0.846. The minimum atomic E-state index is -0.748. The highest BCUT2D eigenvalue weighted by molar-refractivity contribution is 7.80. The van der Waals surface area contributed by atoms with Crippen LogP contribution in [0.15, 0.2) is 0 Å². The van der Waals surface area contributed by atoms with E-state index in [0.717, 1.165) is 25.7 Å². The number of nitrogens with one attached hydrogen (secondary N) is 1. The number of nitrogens with two attached hydrogens (primary N) is 1.